The molecular weight excluding hydrogens is 198 g/mol. The van der Waals surface area contributed by atoms with Gasteiger partial charge in [-0.3, -0.25) is 5.32 Å². The quantitative estimate of drug-likeness (QED) is 0.779. The lowest BCUT2D eigenvalue weighted by Gasteiger charge is -2.09. The fourth-order valence-electron chi connectivity index (χ4n) is 1.22. The summed E-state index contributed by atoms with van der Waals surface area (Å²) >= 11 is 0. The highest BCUT2D eigenvalue weighted by Crippen LogP contribution is 2.19. The van der Waals surface area contributed by atoms with Crippen LogP contribution in [0.2, 0.25) is 0 Å². The summed E-state index contributed by atoms with van der Waals surface area (Å²) in [6.07, 6.45) is -0.692. The van der Waals surface area contributed by atoms with Gasteiger partial charge in [-0.15, -0.1) is 0 Å². The van der Waals surface area contributed by atoms with Crippen molar-refractivity contribution in [1.82, 2.24) is 0 Å². The number of ether oxygens (including phenoxy) is 1. The molecule has 1 amide bonds. The molecule has 0 unspecified atom stereocenters. The average molecular weight is 209 g/mol. The van der Waals surface area contributed by atoms with Crippen LogP contribution in [-0.4, -0.2) is 24.3 Å². The summed E-state index contributed by atoms with van der Waals surface area (Å²) in [4.78, 5) is 21.9. The molecule has 0 saturated carbocycles. The summed E-state index contributed by atoms with van der Waals surface area (Å²) in [5.41, 5.74) is 0.883. The van der Waals surface area contributed by atoms with Gasteiger partial charge in [-0.2, -0.15) is 0 Å². The van der Waals surface area contributed by atoms with Crippen molar-refractivity contribution < 1.29 is 19.4 Å². The van der Waals surface area contributed by atoms with Gasteiger partial charge in [-0.1, -0.05) is 12.1 Å². The number of amides is 1. The highest BCUT2D eigenvalue weighted by atomic mass is 16.5. The van der Waals surface area contributed by atoms with Crippen molar-refractivity contribution in [3.05, 3.63) is 29.3 Å². The molecule has 0 heterocycles. The van der Waals surface area contributed by atoms with Crippen molar-refractivity contribution in [1.29, 1.82) is 0 Å². The van der Waals surface area contributed by atoms with Crippen molar-refractivity contribution in [2.45, 2.75) is 6.92 Å². The second kappa shape index (κ2) is 4.45. The van der Waals surface area contributed by atoms with Gasteiger partial charge in [0.25, 0.3) is 0 Å². The average Bonchev–Trinajstić information content (AvgIpc) is 2.17. The zero-order valence-corrected chi connectivity index (χ0v) is 8.40. The highest BCUT2D eigenvalue weighted by Gasteiger charge is 2.14. The van der Waals surface area contributed by atoms with Gasteiger partial charge in [0, 0.05) is 0 Å². The van der Waals surface area contributed by atoms with Gasteiger partial charge in [0.05, 0.1) is 18.4 Å². The van der Waals surface area contributed by atoms with E-state index >= 15 is 0 Å². The van der Waals surface area contributed by atoms with E-state index in [0.717, 1.165) is 0 Å². The number of nitrogens with one attached hydrogen (secondary N) is 1. The Balaban J connectivity index is 3.11. The zero-order chi connectivity index (χ0) is 11.4. The van der Waals surface area contributed by atoms with E-state index in [1.54, 1.807) is 19.1 Å². The first kappa shape index (κ1) is 11.0. The number of hydrogen-bond donors (Lipinski definition) is 2. The van der Waals surface area contributed by atoms with Crippen LogP contribution in [0.4, 0.5) is 10.5 Å². The lowest BCUT2D eigenvalue weighted by Crippen LogP contribution is -2.14. The number of benzene rings is 1. The molecule has 0 radical (unpaired) electrons. The van der Waals surface area contributed by atoms with Crippen LogP contribution in [0.25, 0.3) is 0 Å². The van der Waals surface area contributed by atoms with E-state index in [1.165, 1.54) is 13.2 Å². The van der Waals surface area contributed by atoms with Crippen LogP contribution in [0.1, 0.15) is 15.9 Å². The lowest BCUT2D eigenvalue weighted by atomic mass is 10.1. The summed E-state index contributed by atoms with van der Waals surface area (Å²) in [6, 6.07) is 4.83. The van der Waals surface area contributed by atoms with Crippen molar-refractivity contribution in [3.63, 3.8) is 0 Å². The molecule has 0 atom stereocenters. The van der Waals surface area contributed by atoms with Gasteiger partial charge in [0.2, 0.25) is 0 Å². The summed E-state index contributed by atoms with van der Waals surface area (Å²) < 4.78 is 4.39. The first-order valence-corrected chi connectivity index (χ1v) is 4.24. The molecule has 1 aromatic carbocycles. The van der Waals surface area contributed by atoms with E-state index in [-0.39, 0.29) is 11.3 Å². The molecule has 0 fully saturated rings. The predicted molar refractivity (Wildman–Crippen MR) is 54.2 cm³/mol. The Bertz CT molecular complexity index is 400. The largest absolute Gasteiger partial charge is 0.478 e. The molecule has 0 aliphatic carbocycles. The minimum Gasteiger partial charge on any atom is -0.478 e. The molecule has 80 valence electrons. The summed E-state index contributed by atoms with van der Waals surface area (Å²) in [6.45, 7) is 1.66. The van der Waals surface area contributed by atoms with Crippen LogP contribution >= 0.6 is 0 Å². The number of anilines is 1. The van der Waals surface area contributed by atoms with E-state index in [9.17, 15) is 9.59 Å². The van der Waals surface area contributed by atoms with Crippen molar-refractivity contribution in [2.24, 2.45) is 0 Å². The summed E-state index contributed by atoms with van der Waals surface area (Å²) in [5.74, 6) is -1.08. The molecule has 5 heteroatoms. The van der Waals surface area contributed by atoms with Crippen LogP contribution < -0.4 is 5.32 Å². The molecule has 0 saturated heterocycles. The third-order valence-corrected chi connectivity index (χ3v) is 1.91. The van der Waals surface area contributed by atoms with E-state index in [1.807, 2.05) is 0 Å². The van der Waals surface area contributed by atoms with Gasteiger partial charge in [-0.25, -0.2) is 9.59 Å². The van der Waals surface area contributed by atoms with Gasteiger partial charge in [0.1, 0.15) is 0 Å². The number of carboxylic acids is 1. The lowest BCUT2D eigenvalue weighted by molar-refractivity contribution is 0.0697. The Morgan fingerprint density at radius 3 is 2.60 bits per heavy atom. The van der Waals surface area contributed by atoms with Gasteiger partial charge in [-0.05, 0) is 18.6 Å². The number of aryl methyl sites for hydroxylation is 1. The Hall–Kier alpha value is -2.04. The van der Waals surface area contributed by atoms with E-state index in [4.69, 9.17) is 5.11 Å². The maximum atomic E-state index is 10.9. The summed E-state index contributed by atoms with van der Waals surface area (Å²) in [5, 5.41) is 11.3. The third kappa shape index (κ3) is 2.46. The van der Waals surface area contributed by atoms with E-state index in [2.05, 4.69) is 10.1 Å². The molecule has 1 rings (SSSR count). The van der Waals surface area contributed by atoms with Crippen molar-refractivity contribution >= 4 is 17.7 Å². The number of rotatable bonds is 2. The molecule has 5 nitrogen and oxygen atoms in total. The van der Waals surface area contributed by atoms with E-state index in [0.29, 0.717) is 5.56 Å². The minimum atomic E-state index is -1.08. The number of hydrogen-bond acceptors (Lipinski definition) is 3. The van der Waals surface area contributed by atoms with Crippen molar-refractivity contribution in [3.8, 4) is 0 Å². The van der Waals surface area contributed by atoms with Crippen LogP contribution in [0.5, 0.6) is 0 Å². The number of carbonyl (C=O) groups excluding carboxylic acids is 1. The maximum absolute atomic E-state index is 10.9. The smallest absolute Gasteiger partial charge is 0.411 e. The van der Waals surface area contributed by atoms with E-state index < -0.39 is 12.1 Å². The van der Waals surface area contributed by atoms with Gasteiger partial charge in [0.15, 0.2) is 0 Å². The molecule has 0 bridgehead atoms. The third-order valence-electron chi connectivity index (χ3n) is 1.91. The molecule has 15 heavy (non-hydrogen) atoms. The number of aromatic carboxylic acids is 1. The second-order valence-corrected chi connectivity index (χ2v) is 2.92. The standard InChI is InChI=1S/C10H11NO4/c1-6-4-3-5-7(8(6)9(12)13)11-10(14)15-2/h3-5H,1-2H3,(H,11,14)(H,12,13). The van der Waals surface area contributed by atoms with Crippen LogP contribution in [0, 0.1) is 6.92 Å². The SMILES string of the molecule is COC(=O)Nc1cccc(C)c1C(=O)O. The normalized spacial score (nSPS) is 9.47. The van der Waals surface area contributed by atoms with Crippen LogP contribution in [-0.2, 0) is 4.74 Å². The monoisotopic (exact) mass is 209 g/mol. The summed E-state index contributed by atoms with van der Waals surface area (Å²) in [7, 11) is 1.21. The van der Waals surface area contributed by atoms with Crippen LogP contribution in [0.3, 0.4) is 0 Å². The molecule has 2 N–H and O–H groups in total. The molecular formula is C10H11NO4. The second-order valence-electron chi connectivity index (χ2n) is 2.92. The molecule has 1 aromatic rings. The topological polar surface area (TPSA) is 75.6 Å². The van der Waals surface area contributed by atoms with Crippen molar-refractivity contribution in [2.75, 3.05) is 12.4 Å². The van der Waals surface area contributed by atoms with Gasteiger partial charge >= 0.3 is 12.1 Å². The fraction of sp³-hybridized carbons (Fsp3) is 0.200. The Kier molecular flexibility index (Phi) is 3.28. The van der Waals surface area contributed by atoms with Gasteiger partial charge < -0.3 is 9.84 Å². The maximum Gasteiger partial charge on any atom is 0.411 e. The number of carboxylic acid groups (broad SMARTS) is 1. The Morgan fingerprint density at radius 1 is 1.40 bits per heavy atom. The Labute approximate surface area is 86.7 Å². The number of carbonyl (C=O) groups is 2. The highest BCUT2D eigenvalue weighted by molar-refractivity contribution is 5.99. The molecule has 0 aliphatic heterocycles. The molecule has 0 aromatic heterocycles. The number of methoxy groups -OCH3 is 1. The fourth-order valence-corrected chi connectivity index (χ4v) is 1.22. The Morgan fingerprint density at radius 2 is 2.07 bits per heavy atom. The zero-order valence-electron chi connectivity index (χ0n) is 8.40. The van der Waals surface area contributed by atoms with Crippen LogP contribution in [0.15, 0.2) is 18.2 Å². The predicted octanol–water partition coefficient (Wildman–Crippen LogP) is 1.87. The first-order valence-electron chi connectivity index (χ1n) is 4.24. The first-order chi connectivity index (χ1) is 7.06. The molecule has 0 spiro atoms. The minimum absolute atomic E-state index is 0.0721. The molecule has 0 aliphatic rings.